The molecule has 0 aromatic rings. The summed E-state index contributed by atoms with van der Waals surface area (Å²) in [4.78, 5) is 12.0. The fourth-order valence-corrected chi connectivity index (χ4v) is 0.890. The number of cyclic esters (lactones) is 1. The van der Waals surface area contributed by atoms with E-state index in [1.807, 2.05) is 13.8 Å². The zero-order chi connectivity index (χ0) is 7.78. The summed E-state index contributed by atoms with van der Waals surface area (Å²) < 4.78 is 4.70. The van der Waals surface area contributed by atoms with Gasteiger partial charge in [-0.15, -0.1) is 0 Å². The van der Waals surface area contributed by atoms with Crippen LogP contribution in [0.15, 0.2) is 0 Å². The molecule has 0 atom stereocenters. The van der Waals surface area contributed by atoms with Gasteiger partial charge in [0.2, 0.25) is 0 Å². The van der Waals surface area contributed by atoms with E-state index in [1.165, 1.54) is 4.90 Å². The summed E-state index contributed by atoms with van der Waals surface area (Å²) in [6.45, 7) is 3.76. The lowest BCUT2D eigenvalue weighted by Gasteiger charge is -2.24. The minimum Gasteiger partial charge on any atom is -0.447 e. The van der Waals surface area contributed by atoms with Gasteiger partial charge in [-0.25, -0.2) is 4.79 Å². The van der Waals surface area contributed by atoms with Crippen molar-refractivity contribution in [1.29, 1.82) is 0 Å². The van der Waals surface area contributed by atoms with E-state index in [4.69, 9.17) is 9.84 Å². The Morgan fingerprint density at radius 2 is 2.40 bits per heavy atom. The first-order chi connectivity index (χ1) is 4.58. The van der Waals surface area contributed by atoms with E-state index in [9.17, 15) is 4.79 Å². The van der Waals surface area contributed by atoms with Crippen molar-refractivity contribution in [3.63, 3.8) is 0 Å². The summed E-state index contributed by atoms with van der Waals surface area (Å²) in [5.74, 6) is 0. The zero-order valence-corrected chi connectivity index (χ0v) is 6.13. The van der Waals surface area contributed by atoms with Crippen LogP contribution in [0.25, 0.3) is 0 Å². The van der Waals surface area contributed by atoms with Crippen molar-refractivity contribution in [2.45, 2.75) is 19.4 Å². The van der Waals surface area contributed by atoms with Crippen LogP contribution in [0.3, 0.4) is 0 Å². The average molecular weight is 145 g/mol. The minimum absolute atomic E-state index is 0.272. The van der Waals surface area contributed by atoms with E-state index in [2.05, 4.69) is 0 Å². The van der Waals surface area contributed by atoms with Gasteiger partial charge in [0.05, 0.1) is 5.54 Å². The second kappa shape index (κ2) is 2.12. The lowest BCUT2D eigenvalue weighted by Crippen LogP contribution is -2.42. The molecule has 1 heterocycles. The Labute approximate surface area is 59.4 Å². The lowest BCUT2D eigenvalue weighted by atomic mass is 10.1. The van der Waals surface area contributed by atoms with Gasteiger partial charge in [-0.05, 0) is 13.8 Å². The maximum absolute atomic E-state index is 10.8. The fraction of sp³-hybridized carbons (Fsp3) is 0.833. The number of aliphatic hydroxyl groups is 1. The molecule has 0 bridgehead atoms. The molecule has 1 aliphatic heterocycles. The maximum Gasteiger partial charge on any atom is 0.412 e. The molecule has 0 aromatic carbocycles. The summed E-state index contributed by atoms with van der Waals surface area (Å²) in [6, 6.07) is 0. The number of rotatable bonds is 1. The summed E-state index contributed by atoms with van der Waals surface area (Å²) in [5.41, 5.74) is -0.355. The highest BCUT2D eigenvalue weighted by molar-refractivity contribution is 5.70. The molecule has 10 heavy (non-hydrogen) atoms. The summed E-state index contributed by atoms with van der Waals surface area (Å²) in [7, 11) is 0. The highest BCUT2D eigenvalue weighted by Crippen LogP contribution is 2.21. The van der Waals surface area contributed by atoms with Crippen molar-refractivity contribution >= 4 is 6.09 Å². The quantitative estimate of drug-likeness (QED) is 0.572. The Hall–Kier alpha value is -0.770. The highest BCUT2D eigenvalue weighted by Gasteiger charge is 2.38. The molecule has 0 aliphatic carbocycles. The van der Waals surface area contributed by atoms with E-state index >= 15 is 0 Å². The Morgan fingerprint density at radius 1 is 1.80 bits per heavy atom. The van der Waals surface area contributed by atoms with Gasteiger partial charge < -0.3 is 9.84 Å². The third kappa shape index (κ3) is 0.945. The van der Waals surface area contributed by atoms with Gasteiger partial charge in [0.15, 0.2) is 0 Å². The second-order valence-corrected chi connectivity index (χ2v) is 2.94. The molecule has 0 spiro atoms. The van der Waals surface area contributed by atoms with Gasteiger partial charge in [0, 0.05) is 0 Å². The molecule has 58 valence electrons. The summed E-state index contributed by atoms with van der Waals surface area (Å²) in [5, 5.41) is 8.70. The van der Waals surface area contributed by atoms with Gasteiger partial charge in [-0.3, -0.25) is 4.90 Å². The lowest BCUT2D eigenvalue weighted by molar-refractivity contribution is 0.0832. The molecule has 0 aromatic heterocycles. The van der Waals surface area contributed by atoms with Crippen molar-refractivity contribution in [3.8, 4) is 0 Å². The maximum atomic E-state index is 10.8. The molecule has 0 unspecified atom stereocenters. The molecule has 1 aliphatic rings. The summed E-state index contributed by atoms with van der Waals surface area (Å²) >= 11 is 0. The third-order valence-electron chi connectivity index (χ3n) is 1.64. The predicted octanol–water partition coefficient (Wildman–Crippen LogP) is 0.167. The Kier molecular flexibility index (Phi) is 1.56. The molecule has 4 nitrogen and oxygen atoms in total. The molecule has 4 heteroatoms. The average Bonchev–Trinajstić information content (AvgIpc) is 2.07. The number of hydrogen-bond acceptors (Lipinski definition) is 3. The molecule has 0 radical (unpaired) electrons. The first-order valence-corrected chi connectivity index (χ1v) is 3.13. The normalized spacial score (nSPS) is 23.1. The number of aliphatic hydroxyl groups excluding tert-OH is 1. The van der Waals surface area contributed by atoms with Gasteiger partial charge in [0.25, 0.3) is 0 Å². The van der Waals surface area contributed by atoms with Crippen LogP contribution < -0.4 is 0 Å². The van der Waals surface area contributed by atoms with E-state index < -0.39 is 6.09 Å². The van der Waals surface area contributed by atoms with Gasteiger partial charge in [-0.2, -0.15) is 0 Å². The van der Waals surface area contributed by atoms with E-state index in [-0.39, 0.29) is 12.3 Å². The van der Waals surface area contributed by atoms with Crippen molar-refractivity contribution in [3.05, 3.63) is 0 Å². The number of carbonyl (C=O) groups excluding carboxylic acids is 1. The predicted molar refractivity (Wildman–Crippen MR) is 34.4 cm³/mol. The van der Waals surface area contributed by atoms with Crippen LogP contribution in [-0.2, 0) is 4.74 Å². The number of carbonyl (C=O) groups is 1. The van der Waals surface area contributed by atoms with Crippen molar-refractivity contribution in [1.82, 2.24) is 4.90 Å². The topological polar surface area (TPSA) is 49.8 Å². The van der Waals surface area contributed by atoms with Crippen molar-refractivity contribution < 1.29 is 14.6 Å². The van der Waals surface area contributed by atoms with E-state index in [0.29, 0.717) is 6.61 Å². The molecule has 1 amide bonds. The number of hydrogen-bond donors (Lipinski definition) is 1. The molecule has 1 fully saturated rings. The first kappa shape index (κ1) is 7.34. The second-order valence-electron chi connectivity index (χ2n) is 2.94. The first-order valence-electron chi connectivity index (χ1n) is 3.13. The zero-order valence-electron chi connectivity index (χ0n) is 6.13. The van der Waals surface area contributed by atoms with Gasteiger partial charge in [0.1, 0.15) is 13.3 Å². The van der Waals surface area contributed by atoms with Crippen LogP contribution in [0.4, 0.5) is 4.79 Å². The van der Waals surface area contributed by atoms with Crippen LogP contribution in [0, 0.1) is 0 Å². The number of amides is 1. The monoisotopic (exact) mass is 145 g/mol. The molecule has 0 saturated carbocycles. The summed E-state index contributed by atoms with van der Waals surface area (Å²) in [6.07, 6.45) is -0.437. The number of nitrogens with zero attached hydrogens (tertiary/aromatic N) is 1. The Morgan fingerprint density at radius 3 is 2.60 bits per heavy atom. The standard InChI is InChI=1S/C6H11NO3/c1-6(2)3-10-5(9)7(6)4-8/h8H,3-4H2,1-2H3. The van der Waals surface area contributed by atoms with E-state index in [1.54, 1.807) is 0 Å². The van der Waals surface area contributed by atoms with Crippen LogP contribution in [0.2, 0.25) is 0 Å². The smallest absolute Gasteiger partial charge is 0.412 e. The molecular formula is C6H11NO3. The fourth-order valence-electron chi connectivity index (χ4n) is 0.890. The van der Waals surface area contributed by atoms with Crippen molar-refractivity contribution in [2.75, 3.05) is 13.3 Å². The molecule has 1 N–H and O–H groups in total. The molecular weight excluding hydrogens is 134 g/mol. The highest BCUT2D eigenvalue weighted by atomic mass is 16.6. The minimum atomic E-state index is -0.437. The SMILES string of the molecule is CC1(C)COC(=O)N1CO. The van der Waals surface area contributed by atoms with Crippen LogP contribution >= 0.6 is 0 Å². The Balaban J connectivity index is 2.73. The van der Waals surface area contributed by atoms with Crippen LogP contribution in [0.1, 0.15) is 13.8 Å². The van der Waals surface area contributed by atoms with Gasteiger partial charge >= 0.3 is 6.09 Å². The molecule has 1 rings (SSSR count). The van der Waals surface area contributed by atoms with Crippen molar-refractivity contribution in [2.24, 2.45) is 0 Å². The number of ether oxygens (including phenoxy) is 1. The van der Waals surface area contributed by atoms with Gasteiger partial charge in [-0.1, -0.05) is 0 Å². The van der Waals surface area contributed by atoms with E-state index in [0.717, 1.165) is 0 Å². The van der Waals surface area contributed by atoms with Crippen LogP contribution in [-0.4, -0.2) is 35.0 Å². The largest absolute Gasteiger partial charge is 0.447 e. The molecule has 1 saturated heterocycles. The Bertz CT molecular complexity index is 155. The van der Waals surface area contributed by atoms with Crippen LogP contribution in [0.5, 0.6) is 0 Å². The third-order valence-corrected chi connectivity index (χ3v) is 1.64.